The number of para-hydroxylation sites is 1. The second-order valence-electron chi connectivity index (χ2n) is 5.15. The molecule has 0 radical (unpaired) electrons. The number of nitrogen functional groups attached to an aromatic ring is 1. The summed E-state index contributed by atoms with van der Waals surface area (Å²) in [6, 6.07) is 10.4. The minimum absolute atomic E-state index is 0.186. The van der Waals surface area contributed by atoms with Crippen LogP contribution in [0.5, 0.6) is 5.75 Å². The second-order valence-corrected chi connectivity index (χ2v) is 5.58. The van der Waals surface area contributed by atoms with Gasteiger partial charge in [-0.2, -0.15) is 0 Å². The van der Waals surface area contributed by atoms with E-state index in [0.717, 1.165) is 5.56 Å². The summed E-state index contributed by atoms with van der Waals surface area (Å²) in [6.07, 6.45) is 0. The van der Waals surface area contributed by atoms with E-state index in [1.165, 1.54) is 0 Å². The highest BCUT2D eigenvalue weighted by atomic mass is 35.5. The molecular weight excluding hydrogens is 286 g/mol. The van der Waals surface area contributed by atoms with E-state index in [-0.39, 0.29) is 11.7 Å². The highest BCUT2D eigenvalue weighted by molar-refractivity contribution is 6.31. The van der Waals surface area contributed by atoms with Crippen LogP contribution in [0.25, 0.3) is 0 Å². The monoisotopic (exact) mass is 303 g/mol. The van der Waals surface area contributed by atoms with Gasteiger partial charge >= 0.3 is 0 Å². The summed E-state index contributed by atoms with van der Waals surface area (Å²) in [5, 5.41) is 0.511. The number of halogens is 1. The van der Waals surface area contributed by atoms with Gasteiger partial charge in [-0.1, -0.05) is 37.6 Å². The topological polar surface area (TPSA) is 52.3 Å². The summed E-state index contributed by atoms with van der Waals surface area (Å²) in [5.74, 6) is 0.565. The lowest BCUT2D eigenvalue weighted by molar-refractivity contribution is 0.103. The van der Waals surface area contributed by atoms with Crippen LogP contribution in [0.2, 0.25) is 5.02 Å². The maximum absolute atomic E-state index is 12.8. The van der Waals surface area contributed by atoms with Crippen molar-refractivity contribution in [3.05, 3.63) is 58.1 Å². The Morgan fingerprint density at radius 2 is 1.86 bits per heavy atom. The maximum Gasteiger partial charge on any atom is 0.198 e. The molecule has 0 saturated heterocycles. The number of rotatable bonds is 4. The number of carbonyl (C=O) groups is 1. The molecule has 0 heterocycles. The summed E-state index contributed by atoms with van der Waals surface area (Å²) in [6.45, 7) is 4.05. The maximum atomic E-state index is 12.8. The zero-order valence-electron chi connectivity index (χ0n) is 12.3. The van der Waals surface area contributed by atoms with E-state index >= 15 is 0 Å². The molecule has 0 fully saturated rings. The first-order chi connectivity index (χ1) is 9.95. The van der Waals surface area contributed by atoms with E-state index in [1.807, 2.05) is 19.9 Å². The lowest BCUT2D eigenvalue weighted by atomic mass is 9.94. The van der Waals surface area contributed by atoms with Gasteiger partial charge in [-0.05, 0) is 35.7 Å². The van der Waals surface area contributed by atoms with Crippen LogP contribution in [0.4, 0.5) is 5.69 Å². The molecule has 2 N–H and O–H groups in total. The Morgan fingerprint density at radius 3 is 2.43 bits per heavy atom. The molecule has 110 valence electrons. The zero-order valence-corrected chi connectivity index (χ0v) is 13.1. The third kappa shape index (κ3) is 3.03. The predicted molar refractivity (Wildman–Crippen MR) is 86.4 cm³/mol. The molecule has 21 heavy (non-hydrogen) atoms. The van der Waals surface area contributed by atoms with Crippen LogP contribution in [-0.4, -0.2) is 12.9 Å². The lowest BCUT2D eigenvalue weighted by Crippen LogP contribution is -2.09. The molecule has 3 nitrogen and oxygen atoms in total. The fourth-order valence-electron chi connectivity index (χ4n) is 2.29. The number of nitrogens with two attached hydrogens (primary N) is 1. The van der Waals surface area contributed by atoms with Crippen LogP contribution >= 0.6 is 11.6 Å². The van der Waals surface area contributed by atoms with Gasteiger partial charge in [0.1, 0.15) is 5.75 Å². The van der Waals surface area contributed by atoms with E-state index in [0.29, 0.717) is 27.6 Å². The van der Waals surface area contributed by atoms with Crippen LogP contribution in [-0.2, 0) is 0 Å². The first kappa shape index (κ1) is 15.4. The Bertz CT molecular complexity index is 680. The molecule has 0 bridgehead atoms. The molecular formula is C17H18ClNO2. The van der Waals surface area contributed by atoms with Crippen molar-refractivity contribution in [1.82, 2.24) is 0 Å². The number of ether oxygens (including phenoxy) is 1. The number of methoxy groups -OCH3 is 1. The molecule has 0 amide bonds. The number of ketones is 1. The zero-order chi connectivity index (χ0) is 15.6. The van der Waals surface area contributed by atoms with Crippen molar-refractivity contribution in [3.63, 3.8) is 0 Å². The Balaban J connectivity index is 2.63. The number of anilines is 1. The molecule has 2 aromatic rings. The normalized spacial score (nSPS) is 10.7. The van der Waals surface area contributed by atoms with Crippen LogP contribution in [0.1, 0.15) is 41.3 Å². The SMILES string of the molecule is COc1c(C(=O)c2ccccc2N)cc(Cl)cc1C(C)C. The van der Waals surface area contributed by atoms with E-state index in [4.69, 9.17) is 22.1 Å². The third-order valence-corrected chi connectivity index (χ3v) is 3.58. The molecule has 0 saturated carbocycles. The largest absolute Gasteiger partial charge is 0.496 e. The molecule has 0 unspecified atom stereocenters. The van der Waals surface area contributed by atoms with Gasteiger partial charge in [0.2, 0.25) is 0 Å². The number of hydrogen-bond acceptors (Lipinski definition) is 3. The van der Waals surface area contributed by atoms with Gasteiger partial charge in [0.15, 0.2) is 5.78 Å². The molecule has 0 aliphatic heterocycles. The Labute approximate surface area is 129 Å². The van der Waals surface area contributed by atoms with Gasteiger partial charge < -0.3 is 10.5 Å². The van der Waals surface area contributed by atoms with E-state index in [1.54, 1.807) is 37.4 Å². The molecule has 0 aliphatic carbocycles. The van der Waals surface area contributed by atoms with Crippen molar-refractivity contribution in [3.8, 4) is 5.75 Å². The van der Waals surface area contributed by atoms with E-state index in [2.05, 4.69) is 0 Å². The van der Waals surface area contributed by atoms with Gasteiger partial charge in [-0.3, -0.25) is 4.79 Å². The summed E-state index contributed by atoms with van der Waals surface area (Å²) in [7, 11) is 1.56. The van der Waals surface area contributed by atoms with Gasteiger partial charge in [-0.15, -0.1) is 0 Å². The minimum atomic E-state index is -0.186. The molecule has 2 aromatic carbocycles. The number of benzene rings is 2. The summed E-state index contributed by atoms with van der Waals surface area (Å²) in [5.41, 5.74) is 8.13. The smallest absolute Gasteiger partial charge is 0.198 e. The molecule has 2 rings (SSSR count). The highest BCUT2D eigenvalue weighted by Gasteiger charge is 2.21. The molecule has 0 spiro atoms. The minimum Gasteiger partial charge on any atom is -0.496 e. The Kier molecular flexibility index (Phi) is 4.53. The first-order valence-electron chi connectivity index (χ1n) is 6.72. The van der Waals surface area contributed by atoms with Crippen molar-refractivity contribution >= 4 is 23.1 Å². The van der Waals surface area contributed by atoms with Crippen LogP contribution in [0, 0.1) is 0 Å². The van der Waals surface area contributed by atoms with Gasteiger partial charge in [-0.25, -0.2) is 0 Å². The van der Waals surface area contributed by atoms with Gasteiger partial charge in [0, 0.05) is 16.3 Å². The van der Waals surface area contributed by atoms with Crippen molar-refractivity contribution < 1.29 is 9.53 Å². The van der Waals surface area contributed by atoms with Crippen molar-refractivity contribution in [1.29, 1.82) is 0 Å². The van der Waals surface area contributed by atoms with Crippen LogP contribution in [0.15, 0.2) is 36.4 Å². The molecule has 0 aromatic heterocycles. The lowest BCUT2D eigenvalue weighted by Gasteiger charge is -2.16. The number of carbonyl (C=O) groups excluding carboxylic acids is 1. The highest BCUT2D eigenvalue weighted by Crippen LogP contribution is 2.35. The average molecular weight is 304 g/mol. The Morgan fingerprint density at radius 1 is 1.19 bits per heavy atom. The standard InChI is InChI=1S/C17H18ClNO2/c1-10(2)13-8-11(18)9-14(17(13)21-3)16(20)12-6-4-5-7-15(12)19/h4-10H,19H2,1-3H3. The number of hydrogen-bond donors (Lipinski definition) is 1. The van der Waals surface area contributed by atoms with E-state index < -0.39 is 0 Å². The Hall–Kier alpha value is -2.00. The summed E-state index contributed by atoms with van der Waals surface area (Å²) < 4.78 is 5.45. The van der Waals surface area contributed by atoms with Crippen molar-refractivity contribution in [2.24, 2.45) is 0 Å². The second kappa shape index (κ2) is 6.19. The fourth-order valence-corrected chi connectivity index (χ4v) is 2.52. The quantitative estimate of drug-likeness (QED) is 0.677. The molecule has 0 atom stereocenters. The van der Waals surface area contributed by atoms with Crippen molar-refractivity contribution in [2.45, 2.75) is 19.8 Å². The van der Waals surface area contributed by atoms with Gasteiger partial charge in [0.25, 0.3) is 0 Å². The third-order valence-electron chi connectivity index (χ3n) is 3.36. The first-order valence-corrected chi connectivity index (χ1v) is 7.10. The summed E-state index contributed by atoms with van der Waals surface area (Å²) in [4.78, 5) is 12.8. The molecule has 0 aliphatic rings. The average Bonchev–Trinajstić information content (AvgIpc) is 2.46. The fraction of sp³-hybridized carbons (Fsp3) is 0.235. The van der Waals surface area contributed by atoms with Crippen molar-refractivity contribution in [2.75, 3.05) is 12.8 Å². The molecule has 4 heteroatoms. The van der Waals surface area contributed by atoms with Crippen LogP contribution in [0.3, 0.4) is 0 Å². The summed E-state index contributed by atoms with van der Waals surface area (Å²) >= 11 is 6.16. The van der Waals surface area contributed by atoms with Crippen LogP contribution < -0.4 is 10.5 Å². The van der Waals surface area contributed by atoms with Gasteiger partial charge in [0.05, 0.1) is 12.7 Å². The van der Waals surface area contributed by atoms with E-state index in [9.17, 15) is 4.79 Å². The predicted octanol–water partition coefficient (Wildman–Crippen LogP) is 4.29.